The van der Waals surface area contributed by atoms with Gasteiger partial charge >= 0.3 is 0 Å². The van der Waals surface area contributed by atoms with Gasteiger partial charge in [0, 0.05) is 26.8 Å². The van der Waals surface area contributed by atoms with Crippen LogP contribution in [0.25, 0.3) is 0 Å². The maximum atomic E-state index is 16.3. The molecule has 3 aromatic carbocycles. The summed E-state index contributed by atoms with van der Waals surface area (Å²) in [5.41, 5.74) is 2.49. The van der Waals surface area contributed by atoms with Gasteiger partial charge in [0.2, 0.25) is 5.91 Å². The van der Waals surface area contributed by atoms with Crippen molar-refractivity contribution in [3.8, 4) is 0 Å². The average molecular weight is 620 g/mol. The van der Waals surface area contributed by atoms with E-state index < -0.39 is 45.2 Å². The molecule has 0 radical (unpaired) electrons. The van der Waals surface area contributed by atoms with E-state index in [1.54, 1.807) is 42.5 Å². The van der Waals surface area contributed by atoms with Crippen molar-refractivity contribution in [1.82, 2.24) is 4.90 Å². The molecule has 1 heterocycles. The molecule has 7 nitrogen and oxygen atoms in total. The average Bonchev–Trinajstić information content (AvgIpc) is 3.66. The van der Waals surface area contributed by atoms with Crippen molar-refractivity contribution in [1.29, 1.82) is 0 Å². The standard InChI is InChI=1S/C30H29Cl2FN2O5S/c1-28(2,38)19-12-22-25(23(33)13-19)30(18-5-8-20(31)9-6-18,40-16-29(10-11-29)27(34)37)35(26(22)36)15-17-4-7-21(32)14-24(17)41(3)39/h4-9,12-14,38H,10-11,15-16H2,1-3H3,(H2,34,37)/t30-,41?/m1/s1. The Morgan fingerprint density at radius 2 is 1.76 bits per heavy atom. The third kappa shape index (κ3) is 5.19. The van der Waals surface area contributed by atoms with Crippen molar-refractivity contribution in [2.45, 2.75) is 49.5 Å². The Morgan fingerprint density at radius 3 is 2.32 bits per heavy atom. The van der Waals surface area contributed by atoms with Crippen LogP contribution in [0.1, 0.15) is 59.3 Å². The number of carbonyl (C=O) groups excluding carboxylic acids is 2. The molecular formula is C30H29Cl2FN2O5S. The van der Waals surface area contributed by atoms with Gasteiger partial charge in [0.25, 0.3) is 5.91 Å². The molecule has 1 aliphatic heterocycles. The predicted octanol–water partition coefficient (Wildman–Crippen LogP) is 5.24. The van der Waals surface area contributed by atoms with Gasteiger partial charge < -0.3 is 15.6 Å². The van der Waals surface area contributed by atoms with Gasteiger partial charge in [0.15, 0.2) is 5.72 Å². The summed E-state index contributed by atoms with van der Waals surface area (Å²) in [4.78, 5) is 28.4. The topological polar surface area (TPSA) is 110 Å². The quantitative estimate of drug-likeness (QED) is 0.341. The fourth-order valence-corrected chi connectivity index (χ4v) is 6.40. The maximum absolute atomic E-state index is 16.3. The summed E-state index contributed by atoms with van der Waals surface area (Å²) < 4.78 is 35.6. The molecule has 2 atom stereocenters. The molecule has 1 aliphatic carbocycles. The Bertz CT molecular complexity index is 1590. The predicted molar refractivity (Wildman–Crippen MR) is 154 cm³/mol. The summed E-state index contributed by atoms with van der Waals surface area (Å²) in [6, 6.07) is 13.9. The first-order valence-corrected chi connectivity index (χ1v) is 15.2. The van der Waals surface area contributed by atoms with Crippen molar-refractivity contribution in [2.24, 2.45) is 11.1 Å². The van der Waals surface area contributed by atoms with Crippen LogP contribution in [0, 0.1) is 11.2 Å². The van der Waals surface area contributed by atoms with Gasteiger partial charge in [-0.1, -0.05) is 41.4 Å². The lowest BCUT2D eigenvalue weighted by Gasteiger charge is -2.40. The van der Waals surface area contributed by atoms with Crippen molar-refractivity contribution < 1.29 is 28.0 Å². The zero-order valence-electron chi connectivity index (χ0n) is 22.7. The molecular weight excluding hydrogens is 590 g/mol. The summed E-state index contributed by atoms with van der Waals surface area (Å²) >= 11 is 12.4. The number of carbonyl (C=O) groups is 2. The monoisotopic (exact) mass is 618 g/mol. The zero-order valence-corrected chi connectivity index (χ0v) is 25.0. The first-order valence-electron chi connectivity index (χ1n) is 12.9. The van der Waals surface area contributed by atoms with Gasteiger partial charge in [-0.25, -0.2) is 4.39 Å². The van der Waals surface area contributed by atoms with E-state index in [-0.39, 0.29) is 29.8 Å². The lowest BCUT2D eigenvalue weighted by atomic mass is 9.88. The molecule has 3 aromatic rings. The van der Waals surface area contributed by atoms with Gasteiger partial charge in [-0.3, -0.25) is 18.7 Å². The van der Waals surface area contributed by atoms with E-state index in [1.165, 1.54) is 37.1 Å². The first-order chi connectivity index (χ1) is 19.2. The summed E-state index contributed by atoms with van der Waals surface area (Å²) in [5.74, 6) is -1.89. The Hall–Kier alpha value is -2.82. The van der Waals surface area contributed by atoms with Crippen LogP contribution in [0.15, 0.2) is 59.5 Å². The van der Waals surface area contributed by atoms with Crippen LogP contribution in [0.2, 0.25) is 10.0 Å². The third-order valence-electron chi connectivity index (χ3n) is 7.83. The van der Waals surface area contributed by atoms with Crippen molar-refractivity contribution >= 4 is 45.8 Å². The number of ether oxygens (including phenoxy) is 1. The van der Waals surface area contributed by atoms with Gasteiger partial charge in [0.05, 0.1) is 46.1 Å². The molecule has 2 amide bonds. The van der Waals surface area contributed by atoms with Crippen LogP contribution < -0.4 is 5.73 Å². The number of primary amides is 1. The van der Waals surface area contributed by atoms with Gasteiger partial charge in [-0.05, 0) is 74.2 Å². The van der Waals surface area contributed by atoms with Gasteiger partial charge in [-0.2, -0.15) is 0 Å². The number of aliphatic hydroxyl groups is 1. The van der Waals surface area contributed by atoms with Crippen LogP contribution >= 0.6 is 23.2 Å². The number of nitrogens with two attached hydrogens (primary N) is 1. The second-order valence-electron chi connectivity index (χ2n) is 11.1. The number of amides is 2. The zero-order chi connectivity index (χ0) is 29.9. The molecule has 11 heteroatoms. The molecule has 2 aliphatic rings. The van der Waals surface area contributed by atoms with E-state index in [2.05, 4.69) is 0 Å². The Balaban J connectivity index is 1.78. The second kappa shape index (κ2) is 10.5. The molecule has 1 fully saturated rings. The molecule has 0 spiro atoms. The molecule has 5 rings (SSSR count). The largest absolute Gasteiger partial charge is 0.386 e. The summed E-state index contributed by atoms with van der Waals surface area (Å²) in [6.45, 7) is 2.68. The number of hydrogen-bond donors (Lipinski definition) is 2. The summed E-state index contributed by atoms with van der Waals surface area (Å²) in [5, 5.41) is 11.5. The Labute approximate surface area is 249 Å². The van der Waals surface area contributed by atoms with Crippen LogP contribution in [0.5, 0.6) is 0 Å². The number of benzene rings is 3. The number of halogens is 3. The highest BCUT2D eigenvalue weighted by Gasteiger charge is 2.58. The summed E-state index contributed by atoms with van der Waals surface area (Å²) in [6.07, 6.45) is 2.49. The van der Waals surface area contributed by atoms with Crippen LogP contribution in [0.4, 0.5) is 4.39 Å². The molecule has 41 heavy (non-hydrogen) atoms. The number of nitrogens with zero attached hydrogens (tertiary/aromatic N) is 1. The van der Waals surface area contributed by atoms with E-state index in [4.69, 9.17) is 33.7 Å². The fraction of sp³-hybridized carbons (Fsp3) is 0.333. The lowest BCUT2D eigenvalue weighted by molar-refractivity contribution is -0.142. The number of hydrogen-bond acceptors (Lipinski definition) is 5. The van der Waals surface area contributed by atoms with Gasteiger partial charge in [-0.15, -0.1) is 0 Å². The highest BCUT2D eigenvalue weighted by atomic mass is 35.5. The molecule has 1 unspecified atom stereocenters. The SMILES string of the molecule is CS(=O)c1cc(Cl)ccc1CN1C(=O)c2cc(C(C)(C)O)cc(F)c2[C@]1(OCC1(C(N)=O)CC1)c1ccc(Cl)cc1. The fourth-order valence-electron chi connectivity index (χ4n) is 5.24. The van der Waals surface area contributed by atoms with Crippen molar-refractivity contribution in [3.63, 3.8) is 0 Å². The molecule has 0 aromatic heterocycles. The van der Waals surface area contributed by atoms with Crippen LogP contribution in [-0.4, -0.2) is 38.9 Å². The molecule has 0 bridgehead atoms. The third-order valence-corrected chi connectivity index (χ3v) is 9.31. The van der Waals surface area contributed by atoms with E-state index in [1.807, 2.05) is 0 Å². The molecule has 3 N–H and O–H groups in total. The van der Waals surface area contributed by atoms with Gasteiger partial charge in [0.1, 0.15) is 5.82 Å². The first kappa shape index (κ1) is 29.7. The highest BCUT2D eigenvalue weighted by Crippen LogP contribution is 2.52. The normalized spacial score (nSPS) is 20.2. The highest BCUT2D eigenvalue weighted by molar-refractivity contribution is 7.84. The second-order valence-corrected chi connectivity index (χ2v) is 13.3. The number of rotatable bonds is 9. The van der Waals surface area contributed by atoms with E-state index in [0.717, 1.165) is 0 Å². The minimum atomic E-state index is -1.85. The van der Waals surface area contributed by atoms with E-state index in [9.17, 15) is 18.9 Å². The Morgan fingerprint density at radius 1 is 1.12 bits per heavy atom. The lowest BCUT2D eigenvalue weighted by Crippen LogP contribution is -2.48. The van der Waals surface area contributed by atoms with Crippen LogP contribution in [-0.2, 0) is 38.2 Å². The maximum Gasteiger partial charge on any atom is 0.257 e. The number of fused-ring (bicyclic) bond motifs is 1. The minimum Gasteiger partial charge on any atom is -0.386 e. The molecule has 216 valence electrons. The molecule has 0 saturated heterocycles. The van der Waals surface area contributed by atoms with Crippen molar-refractivity contribution in [3.05, 3.63) is 98.3 Å². The van der Waals surface area contributed by atoms with E-state index >= 15 is 4.39 Å². The van der Waals surface area contributed by atoms with E-state index in [0.29, 0.717) is 38.9 Å². The smallest absolute Gasteiger partial charge is 0.257 e. The van der Waals surface area contributed by atoms with Crippen LogP contribution in [0.3, 0.4) is 0 Å². The molecule has 1 saturated carbocycles. The van der Waals surface area contributed by atoms with Crippen molar-refractivity contribution in [2.75, 3.05) is 12.9 Å². The Kier molecular flexibility index (Phi) is 7.58. The summed E-state index contributed by atoms with van der Waals surface area (Å²) in [7, 11) is -1.47. The minimum absolute atomic E-state index is 0.00543.